The monoisotopic (exact) mass is 434 g/mol. The van der Waals surface area contributed by atoms with Crippen LogP contribution in [-0.4, -0.2) is 74.6 Å². The summed E-state index contributed by atoms with van der Waals surface area (Å²) in [6.07, 6.45) is -1.46. The molecule has 0 saturated carbocycles. The van der Waals surface area contributed by atoms with E-state index in [9.17, 15) is 18.6 Å². The van der Waals surface area contributed by atoms with Gasteiger partial charge in [-0.15, -0.1) is 0 Å². The molecule has 0 spiro atoms. The van der Waals surface area contributed by atoms with Gasteiger partial charge in [-0.05, 0) is 38.1 Å². The van der Waals surface area contributed by atoms with Gasteiger partial charge in [-0.25, -0.2) is 13.1 Å². The van der Waals surface area contributed by atoms with E-state index in [0.717, 1.165) is 12.0 Å². The van der Waals surface area contributed by atoms with E-state index in [2.05, 4.69) is 4.72 Å². The number of aryl methyl sites for hydroxylation is 1. The number of benzene rings is 2. The Bertz CT molecular complexity index is 905. The van der Waals surface area contributed by atoms with E-state index in [1.165, 1.54) is 5.56 Å². The number of ether oxygens (including phenoxy) is 1. The second-order valence-corrected chi connectivity index (χ2v) is 9.52. The van der Waals surface area contributed by atoms with Gasteiger partial charge >= 0.3 is 0 Å². The Morgan fingerprint density at radius 1 is 1.07 bits per heavy atom. The van der Waals surface area contributed by atoms with Crippen molar-refractivity contribution in [2.75, 3.05) is 26.7 Å². The van der Waals surface area contributed by atoms with Crippen LogP contribution in [0.2, 0.25) is 0 Å². The quantitative estimate of drug-likeness (QED) is 0.543. The molecule has 4 atom stereocenters. The largest absolute Gasteiger partial charge is 0.394 e. The predicted octanol–water partition coefficient (Wildman–Crippen LogP) is 0.937. The van der Waals surface area contributed by atoms with Crippen LogP contribution in [0.3, 0.4) is 0 Å². The summed E-state index contributed by atoms with van der Waals surface area (Å²) in [7, 11) is -1.83. The lowest BCUT2D eigenvalue weighted by molar-refractivity contribution is -0.0201. The fourth-order valence-corrected chi connectivity index (χ4v) is 4.83. The number of nitrogens with one attached hydrogen (secondary N) is 1. The third kappa shape index (κ3) is 5.46. The van der Waals surface area contributed by atoms with Gasteiger partial charge in [-0.2, -0.15) is 0 Å². The maximum atomic E-state index is 12.6. The summed E-state index contributed by atoms with van der Waals surface area (Å²) in [6.45, 7) is 2.23. The summed E-state index contributed by atoms with van der Waals surface area (Å²) >= 11 is 0. The van der Waals surface area contributed by atoms with E-state index >= 15 is 0 Å². The maximum Gasteiger partial charge on any atom is 0.240 e. The molecule has 8 heteroatoms. The van der Waals surface area contributed by atoms with Gasteiger partial charge < -0.3 is 14.9 Å². The number of rotatable bonds is 9. The highest BCUT2D eigenvalue weighted by atomic mass is 32.2. The third-order valence-electron chi connectivity index (χ3n) is 5.55. The van der Waals surface area contributed by atoms with E-state index in [-0.39, 0.29) is 18.0 Å². The van der Waals surface area contributed by atoms with Gasteiger partial charge in [0, 0.05) is 13.1 Å². The minimum atomic E-state index is -3.70. The van der Waals surface area contributed by atoms with Crippen LogP contribution in [0.15, 0.2) is 59.5 Å². The molecule has 3 N–H and O–H groups in total. The first-order valence-electron chi connectivity index (χ1n) is 10.1. The second kappa shape index (κ2) is 10.00. The molecule has 1 fully saturated rings. The van der Waals surface area contributed by atoms with Crippen molar-refractivity contribution in [3.63, 3.8) is 0 Å². The van der Waals surface area contributed by atoms with E-state index < -0.39 is 34.4 Å². The Hall–Kier alpha value is -1.81. The summed E-state index contributed by atoms with van der Waals surface area (Å²) in [5.41, 5.74) is 2.15. The van der Waals surface area contributed by atoms with Crippen molar-refractivity contribution in [2.24, 2.45) is 0 Å². The highest BCUT2D eigenvalue weighted by Gasteiger charge is 2.45. The molecule has 1 aliphatic rings. The molecule has 0 aliphatic carbocycles. The SMILES string of the molecule is Cc1ccc(S(=O)(=O)NCC2OC(CO)C(O)C2N(C)CCc2ccccc2)cc1. The van der Waals surface area contributed by atoms with Gasteiger partial charge in [0.15, 0.2) is 0 Å². The molecular formula is C22H30N2O5S. The number of nitrogens with zero attached hydrogens (tertiary/aromatic N) is 1. The lowest BCUT2D eigenvalue weighted by Crippen LogP contribution is -2.50. The zero-order valence-corrected chi connectivity index (χ0v) is 18.1. The summed E-state index contributed by atoms with van der Waals surface area (Å²) in [5, 5.41) is 20.2. The van der Waals surface area contributed by atoms with Crippen molar-refractivity contribution >= 4 is 10.0 Å². The van der Waals surface area contributed by atoms with Gasteiger partial charge in [0.05, 0.1) is 23.6 Å². The average Bonchev–Trinajstić information content (AvgIpc) is 3.07. The molecule has 0 amide bonds. The molecule has 7 nitrogen and oxygen atoms in total. The van der Waals surface area contributed by atoms with E-state index in [1.54, 1.807) is 24.3 Å². The molecule has 1 saturated heterocycles. The van der Waals surface area contributed by atoms with Crippen molar-refractivity contribution in [1.29, 1.82) is 0 Å². The smallest absolute Gasteiger partial charge is 0.240 e. The molecule has 30 heavy (non-hydrogen) atoms. The molecule has 2 aromatic rings. The van der Waals surface area contributed by atoms with Crippen molar-refractivity contribution in [1.82, 2.24) is 9.62 Å². The molecule has 0 bridgehead atoms. The summed E-state index contributed by atoms with van der Waals surface area (Å²) in [5.74, 6) is 0. The van der Waals surface area contributed by atoms with Gasteiger partial charge in [0.1, 0.15) is 12.2 Å². The van der Waals surface area contributed by atoms with Crippen molar-refractivity contribution in [3.05, 3.63) is 65.7 Å². The number of likely N-dealkylation sites (N-methyl/N-ethyl adjacent to an activating group) is 1. The van der Waals surface area contributed by atoms with Gasteiger partial charge in [0.2, 0.25) is 10.0 Å². The van der Waals surface area contributed by atoms with Crippen LogP contribution in [0, 0.1) is 6.92 Å². The fraction of sp³-hybridized carbons (Fsp3) is 0.455. The van der Waals surface area contributed by atoms with E-state index in [1.807, 2.05) is 49.2 Å². The normalized spacial score (nSPS) is 24.4. The molecular weight excluding hydrogens is 404 g/mol. The van der Waals surface area contributed by atoms with Crippen LogP contribution in [0.5, 0.6) is 0 Å². The Morgan fingerprint density at radius 3 is 2.37 bits per heavy atom. The lowest BCUT2D eigenvalue weighted by atomic mass is 10.0. The van der Waals surface area contributed by atoms with Crippen molar-refractivity contribution in [2.45, 2.75) is 42.6 Å². The van der Waals surface area contributed by atoms with Crippen molar-refractivity contribution < 1.29 is 23.4 Å². The number of aliphatic hydroxyl groups excluding tert-OH is 2. The summed E-state index contributed by atoms with van der Waals surface area (Å²) in [4.78, 5) is 2.15. The maximum absolute atomic E-state index is 12.6. The Morgan fingerprint density at radius 2 is 1.73 bits per heavy atom. The zero-order chi connectivity index (χ0) is 21.7. The highest BCUT2D eigenvalue weighted by molar-refractivity contribution is 7.89. The Labute approximate surface area is 178 Å². The Kier molecular flexibility index (Phi) is 7.62. The predicted molar refractivity (Wildman–Crippen MR) is 115 cm³/mol. The molecule has 1 aliphatic heterocycles. The van der Waals surface area contributed by atoms with Crippen LogP contribution < -0.4 is 4.72 Å². The van der Waals surface area contributed by atoms with Crippen LogP contribution in [0.1, 0.15) is 11.1 Å². The molecule has 2 aromatic carbocycles. The van der Waals surface area contributed by atoms with Crippen LogP contribution in [-0.2, 0) is 21.2 Å². The summed E-state index contributed by atoms with van der Waals surface area (Å²) in [6, 6.07) is 16.2. The first-order valence-corrected chi connectivity index (χ1v) is 11.5. The van der Waals surface area contributed by atoms with E-state index in [0.29, 0.717) is 6.54 Å². The number of aliphatic hydroxyl groups is 2. The topological polar surface area (TPSA) is 99.1 Å². The second-order valence-electron chi connectivity index (χ2n) is 7.76. The molecule has 0 aromatic heterocycles. The van der Waals surface area contributed by atoms with Crippen LogP contribution in [0.4, 0.5) is 0 Å². The first kappa shape index (κ1) is 22.9. The fourth-order valence-electron chi connectivity index (χ4n) is 3.78. The lowest BCUT2D eigenvalue weighted by Gasteiger charge is -2.30. The van der Waals surface area contributed by atoms with Gasteiger partial charge in [-0.1, -0.05) is 48.0 Å². The summed E-state index contributed by atoms with van der Waals surface area (Å²) < 4.78 is 33.6. The minimum absolute atomic E-state index is 0.00408. The zero-order valence-electron chi connectivity index (χ0n) is 17.3. The third-order valence-corrected chi connectivity index (χ3v) is 6.99. The first-order chi connectivity index (χ1) is 14.3. The van der Waals surface area contributed by atoms with E-state index in [4.69, 9.17) is 4.74 Å². The number of hydrogen-bond acceptors (Lipinski definition) is 6. The van der Waals surface area contributed by atoms with Gasteiger partial charge in [0.25, 0.3) is 0 Å². The standard InChI is InChI=1S/C22H30N2O5S/c1-16-8-10-18(11-9-16)30(27,28)23-14-19-21(22(26)20(15-25)29-19)24(2)13-12-17-6-4-3-5-7-17/h3-11,19-23,25-26H,12-15H2,1-2H3. The van der Waals surface area contributed by atoms with Crippen molar-refractivity contribution in [3.8, 4) is 0 Å². The molecule has 3 rings (SSSR count). The van der Waals surface area contributed by atoms with Crippen LogP contribution >= 0.6 is 0 Å². The molecule has 1 heterocycles. The molecule has 164 valence electrons. The number of hydrogen-bond donors (Lipinski definition) is 3. The highest BCUT2D eigenvalue weighted by Crippen LogP contribution is 2.25. The number of sulfonamides is 1. The molecule has 0 radical (unpaired) electrons. The van der Waals surface area contributed by atoms with Crippen LogP contribution in [0.25, 0.3) is 0 Å². The molecule has 4 unspecified atom stereocenters. The Balaban J connectivity index is 1.67. The minimum Gasteiger partial charge on any atom is -0.394 e. The average molecular weight is 435 g/mol. The van der Waals surface area contributed by atoms with Gasteiger partial charge in [-0.3, -0.25) is 4.90 Å².